The summed E-state index contributed by atoms with van der Waals surface area (Å²) in [4.78, 5) is 10.8. The average Bonchev–Trinajstić information content (AvgIpc) is 1.86. The van der Waals surface area contributed by atoms with E-state index in [2.05, 4.69) is 16.7 Å². The summed E-state index contributed by atoms with van der Waals surface area (Å²) in [5.41, 5.74) is 2.56. The monoisotopic (exact) mass is 155 g/mol. The van der Waals surface area contributed by atoms with Crippen molar-refractivity contribution in [1.82, 2.24) is 15.8 Å². The lowest BCUT2D eigenvalue weighted by molar-refractivity contribution is -0.123. The highest BCUT2D eigenvalue weighted by Crippen LogP contribution is 1.66. The predicted octanol–water partition coefficient (Wildman–Crippen LogP) is -1.20. The Hall–Kier alpha value is -1.05. The molecule has 0 spiro atoms. The van der Waals surface area contributed by atoms with Crippen LogP contribution >= 0.6 is 0 Å². The third-order valence-corrected chi connectivity index (χ3v) is 0.861. The minimum Gasteiger partial charge on any atom is -0.298 e. The van der Waals surface area contributed by atoms with E-state index in [1.54, 1.807) is 19.1 Å². The number of nitrogens with one attached hydrogen (secondary N) is 2. The molecule has 1 amide bonds. The van der Waals surface area contributed by atoms with Gasteiger partial charge in [0, 0.05) is 14.1 Å². The van der Waals surface area contributed by atoms with Gasteiger partial charge in [-0.15, -0.1) is 6.42 Å². The second-order valence-electron chi connectivity index (χ2n) is 2.24. The fraction of sp³-hybridized carbons (Fsp3) is 0.571. The minimum absolute atomic E-state index is 0.0924. The van der Waals surface area contributed by atoms with Crippen LogP contribution < -0.4 is 10.7 Å². The highest BCUT2D eigenvalue weighted by molar-refractivity contribution is 5.77. The molecule has 0 unspecified atom stereocenters. The molecule has 0 radical (unpaired) electrons. The molecule has 0 fully saturated rings. The van der Waals surface area contributed by atoms with Gasteiger partial charge in [-0.2, -0.15) is 0 Å². The van der Waals surface area contributed by atoms with E-state index >= 15 is 0 Å². The van der Waals surface area contributed by atoms with Crippen molar-refractivity contribution >= 4 is 5.91 Å². The average molecular weight is 155 g/mol. The zero-order valence-corrected chi connectivity index (χ0v) is 6.85. The van der Waals surface area contributed by atoms with Crippen molar-refractivity contribution in [3.05, 3.63) is 0 Å². The highest BCUT2D eigenvalue weighted by atomic mass is 16.2. The molecule has 0 saturated carbocycles. The van der Waals surface area contributed by atoms with Crippen LogP contribution in [0.25, 0.3) is 0 Å². The molecule has 0 atom stereocenters. The zero-order chi connectivity index (χ0) is 8.69. The first-order valence-corrected chi connectivity index (χ1v) is 3.28. The Bertz CT molecular complexity index is 160. The van der Waals surface area contributed by atoms with Gasteiger partial charge in [0.15, 0.2) is 0 Å². The number of hydrazine groups is 1. The van der Waals surface area contributed by atoms with Gasteiger partial charge in [-0.25, -0.2) is 5.01 Å². The number of hydrogen-bond donors (Lipinski definition) is 2. The quantitative estimate of drug-likeness (QED) is 0.304. The number of carbonyl (C=O) groups is 1. The van der Waals surface area contributed by atoms with E-state index in [0.29, 0.717) is 6.54 Å². The van der Waals surface area contributed by atoms with E-state index in [0.717, 1.165) is 0 Å². The standard InChI is InChI=1S/C7H13N3O/c1-4-5-8-6-7(11)9-10(2)3/h1,8H,5-6H2,2-3H3,(H,9,11). The van der Waals surface area contributed by atoms with Gasteiger partial charge in [-0.1, -0.05) is 5.92 Å². The molecular formula is C7H13N3O. The fourth-order valence-corrected chi connectivity index (χ4v) is 0.537. The van der Waals surface area contributed by atoms with Crippen LogP contribution in [0.5, 0.6) is 0 Å². The summed E-state index contributed by atoms with van der Waals surface area (Å²) >= 11 is 0. The molecule has 0 rings (SSSR count). The van der Waals surface area contributed by atoms with Crippen LogP contribution in [0.4, 0.5) is 0 Å². The Kier molecular flexibility index (Phi) is 5.17. The molecule has 0 aliphatic heterocycles. The molecule has 0 aromatic heterocycles. The third kappa shape index (κ3) is 6.84. The lowest BCUT2D eigenvalue weighted by Gasteiger charge is -2.11. The normalized spacial score (nSPS) is 9.27. The van der Waals surface area contributed by atoms with Crippen molar-refractivity contribution in [1.29, 1.82) is 0 Å². The summed E-state index contributed by atoms with van der Waals surface area (Å²) in [6.45, 7) is 0.670. The second kappa shape index (κ2) is 5.71. The largest absolute Gasteiger partial charge is 0.298 e. The summed E-state index contributed by atoms with van der Waals surface area (Å²) in [6, 6.07) is 0. The van der Waals surface area contributed by atoms with Crippen molar-refractivity contribution in [3.63, 3.8) is 0 Å². The number of carbonyl (C=O) groups excluding carboxylic acids is 1. The molecular weight excluding hydrogens is 142 g/mol. The van der Waals surface area contributed by atoms with Gasteiger partial charge in [-0.05, 0) is 0 Å². The maximum absolute atomic E-state index is 10.8. The van der Waals surface area contributed by atoms with E-state index in [9.17, 15) is 4.79 Å². The Labute approximate surface area is 66.9 Å². The molecule has 62 valence electrons. The summed E-state index contributed by atoms with van der Waals surface area (Å²) < 4.78 is 0. The van der Waals surface area contributed by atoms with E-state index in [-0.39, 0.29) is 12.5 Å². The van der Waals surface area contributed by atoms with Gasteiger partial charge >= 0.3 is 0 Å². The van der Waals surface area contributed by atoms with E-state index in [4.69, 9.17) is 6.42 Å². The fourth-order valence-electron chi connectivity index (χ4n) is 0.537. The lowest BCUT2D eigenvalue weighted by atomic mass is 10.5. The maximum atomic E-state index is 10.8. The number of hydrogen-bond acceptors (Lipinski definition) is 3. The van der Waals surface area contributed by atoms with Gasteiger partial charge in [0.25, 0.3) is 0 Å². The lowest BCUT2D eigenvalue weighted by Crippen LogP contribution is -2.41. The van der Waals surface area contributed by atoms with Gasteiger partial charge in [0.2, 0.25) is 5.91 Å². The molecule has 4 heteroatoms. The Balaban J connectivity index is 3.32. The van der Waals surface area contributed by atoms with Crippen LogP contribution in [0.1, 0.15) is 0 Å². The predicted molar refractivity (Wildman–Crippen MR) is 43.5 cm³/mol. The third-order valence-electron chi connectivity index (χ3n) is 0.861. The number of rotatable bonds is 4. The van der Waals surface area contributed by atoms with E-state index in [1.165, 1.54) is 0 Å². The molecule has 0 saturated heterocycles. The SMILES string of the molecule is C#CCNCC(=O)NN(C)C. The summed E-state index contributed by atoms with van der Waals surface area (Å²) in [7, 11) is 3.50. The van der Waals surface area contributed by atoms with Crippen molar-refractivity contribution in [2.45, 2.75) is 0 Å². The molecule has 0 aromatic rings. The van der Waals surface area contributed by atoms with Crippen molar-refractivity contribution < 1.29 is 4.79 Å². The van der Waals surface area contributed by atoms with Crippen LogP contribution in [0.2, 0.25) is 0 Å². The van der Waals surface area contributed by atoms with Gasteiger partial charge in [0.05, 0.1) is 13.1 Å². The maximum Gasteiger partial charge on any atom is 0.248 e. The summed E-state index contributed by atoms with van der Waals surface area (Å²) in [5.74, 6) is 2.28. The molecule has 0 aromatic carbocycles. The van der Waals surface area contributed by atoms with E-state index < -0.39 is 0 Å². The molecule has 0 heterocycles. The smallest absolute Gasteiger partial charge is 0.248 e. The Morgan fingerprint density at radius 3 is 2.73 bits per heavy atom. The minimum atomic E-state index is -0.0924. The number of terminal acetylenes is 1. The first-order chi connectivity index (χ1) is 5.16. The van der Waals surface area contributed by atoms with Gasteiger partial charge < -0.3 is 0 Å². The van der Waals surface area contributed by atoms with Crippen molar-refractivity contribution in [3.8, 4) is 12.3 Å². The topological polar surface area (TPSA) is 44.4 Å². The van der Waals surface area contributed by atoms with Crippen molar-refractivity contribution in [2.75, 3.05) is 27.2 Å². The van der Waals surface area contributed by atoms with Crippen LogP contribution in [0, 0.1) is 12.3 Å². The Morgan fingerprint density at radius 1 is 1.64 bits per heavy atom. The van der Waals surface area contributed by atoms with Gasteiger partial charge in [0.1, 0.15) is 0 Å². The van der Waals surface area contributed by atoms with Crippen LogP contribution in [0.3, 0.4) is 0 Å². The number of amides is 1. The molecule has 11 heavy (non-hydrogen) atoms. The highest BCUT2D eigenvalue weighted by Gasteiger charge is 1.98. The van der Waals surface area contributed by atoms with Gasteiger partial charge in [-0.3, -0.25) is 15.5 Å². The summed E-state index contributed by atoms with van der Waals surface area (Å²) in [5, 5.41) is 4.35. The van der Waals surface area contributed by atoms with E-state index in [1.807, 2.05) is 0 Å². The first-order valence-electron chi connectivity index (χ1n) is 3.28. The molecule has 0 bridgehead atoms. The second-order valence-corrected chi connectivity index (χ2v) is 2.24. The molecule has 4 nitrogen and oxygen atoms in total. The van der Waals surface area contributed by atoms with Crippen LogP contribution in [-0.2, 0) is 4.79 Å². The van der Waals surface area contributed by atoms with Crippen LogP contribution in [0.15, 0.2) is 0 Å². The molecule has 2 N–H and O–H groups in total. The molecule has 0 aliphatic rings. The Morgan fingerprint density at radius 2 is 2.27 bits per heavy atom. The summed E-state index contributed by atoms with van der Waals surface area (Å²) in [6.07, 6.45) is 4.96. The molecule has 0 aliphatic carbocycles. The first kappa shape index (κ1) is 9.95. The van der Waals surface area contributed by atoms with Crippen molar-refractivity contribution in [2.24, 2.45) is 0 Å². The zero-order valence-electron chi connectivity index (χ0n) is 6.85. The van der Waals surface area contributed by atoms with Crippen LogP contribution in [-0.4, -0.2) is 38.1 Å². The number of nitrogens with zero attached hydrogens (tertiary/aromatic N) is 1.